The van der Waals surface area contributed by atoms with Crippen LogP contribution in [0.5, 0.6) is 5.75 Å². The predicted molar refractivity (Wildman–Crippen MR) is 148 cm³/mol. The first kappa shape index (κ1) is 29.9. The van der Waals surface area contributed by atoms with Gasteiger partial charge in [0.25, 0.3) is 5.69 Å². The number of hydrogen-bond donors (Lipinski definition) is 1. The Labute approximate surface area is 229 Å². The lowest BCUT2D eigenvalue weighted by molar-refractivity contribution is -0.384. The molecule has 1 fully saturated rings. The van der Waals surface area contributed by atoms with Crippen molar-refractivity contribution >= 4 is 33.2 Å². The van der Waals surface area contributed by atoms with Crippen LogP contribution >= 0.6 is 0 Å². The van der Waals surface area contributed by atoms with Crippen molar-refractivity contribution in [2.75, 3.05) is 24.2 Å². The van der Waals surface area contributed by atoms with Crippen molar-refractivity contribution in [1.29, 1.82) is 0 Å². The second-order valence-electron chi connectivity index (χ2n) is 9.78. The van der Waals surface area contributed by atoms with E-state index in [1.165, 1.54) is 24.1 Å². The average molecular weight is 561 g/mol. The molecule has 1 aliphatic rings. The zero-order valence-electron chi connectivity index (χ0n) is 22.8. The van der Waals surface area contributed by atoms with Gasteiger partial charge in [-0.1, -0.05) is 38.0 Å². The maximum absolute atomic E-state index is 13.9. The number of rotatable bonds is 12. The van der Waals surface area contributed by atoms with Crippen LogP contribution in [0.25, 0.3) is 0 Å². The zero-order chi connectivity index (χ0) is 28.7. The van der Waals surface area contributed by atoms with Crippen molar-refractivity contribution in [3.8, 4) is 5.75 Å². The number of benzene rings is 2. The van der Waals surface area contributed by atoms with Crippen molar-refractivity contribution in [2.45, 2.75) is 64.6 Å². The first-order valence-corrected chi connectivity index (χ1v) is 14.7. The molecule has 2 aromatic rings. The van der Waals surface area contributed by atoms with E-state index in [1.54, 1.807) is 38.1 Å². The number of nitro benzene ring substituents is 1. The Kier molecular flexibility index (Phi) is 9.90. The van der Waals surface area contributed by atoms with Crippen molar-refractivity contribution in [2.24, 2.45) is 0 Å². The molecule has 0 spiro atoms. The van der Waals surface area contributed by atoms with E-state index in [4.69, 9.17) is 4.74 Å². The fourth-order valence-corrected chi connectivity index (χ4v) is 5.73. The van der Waals surface area contributed by atoms with Crippen LogP contribution < -0.4 is 14.4 Å². The number of sulfonamides is 1. The second kappa shape index (κ2) is 12.9. The molecule has 0 aliphatic heterocycles. The first-order chi connectivity index (χ1) is 18.4. The lowest BCUT2D eigenvalue weighted by Crippen LogP contribution is -2.53. The van der Waals surface area contributed by atoms with E-state index in [9.17, 15) is 28.1 Å². The molecule has 1 unspecified atom stereocenters. The third-order valence-electron chi connectivity index (χ3n) is 6.93. The quantitative estimate of drug-likeness (QED) is 0.309. The molecule has 2 amide bonds. The molecule has 1 atom stereocenters. The zero-order valence-corrected chi connectivity index (χ0v) is 23.6. The summed E-state index contributed by atoms with van der Waals surface area (Å²) in [5.41, 5.74) is 0.883. The summed E-state index contributed by atoms with van der Waals surface area (Å²) >= 11 is 0. The molecule has 0 saturated heterocycles. The van der Waals surface area contributed by atoms with E-state index in [1.807, 2.05) is 0 Å². The highest BCUT2D eigenvalue weighted by Gasteiger charge is 2.33. The van der Waals surface area contributed by atoms with Crippen LogP contribution in [0.1, 0.15) is 50.2 Å². The number of ether oxygens (including phenoxy) is 1. The van der Waals surface area contributed by atoms with Gasteiger partial charge in [0.15, 0.2) is 0 Å². The van der Waals surface area contributed by atoms with E-state index in [-0.39, 0.29) is 29.9 Å². The maximum atomic E-state index is 13.9. The van der Waals surface area contributed by atoms with E-state index >= 15 is 0 Å². The summed E-state index contributed by atoms with van der Waals surface area (Å²) in [5, 5.41) is 14.4. The number of carbonyl (C=O) groups excluding carboxylic acids is 2. The molecule has 12 heteroatoms. The summed E-state index contributed by atoms with van der Waals surface area (Å²) in [4.78, 5) is 39.4. The summed E-state index contributed by atoms with van der Waals surface area (Å²) in [7, 11) is -2.50. The Morgan fingerprint density at radius 3 is 2.46 bits per heavy atom. The van der Waals surface area contributed by atoms with E-state index in [2.05, 4.69) is 5.32 Å². The van der Waals surface area contributed by atoms with Gasteiger partial charge < -0.3 is 15.0 Å². The number of nitrogens with one attached hydrogen (secondary N) is 1. The van der Waals surface area contributed by atoms with Gasteiger partial charge in [-0.15, -0.1) is 0 Å². The van der Waals surface area contributed by atoms with Gasteiger partial charge in [-0.25, -0.2) is 8.42 Å². The summed E-state index contributed by atoms with van der Waals surface area (Å²) in [5.74, 6) is -0.325. The number of carbonyl (C=O) groups is 2. The molecule has 0 heterocycles. The van der Waals surface area contributed by atoms with E-state index in [0.29, 0.717) is 23.3 Å². The Morgan fingerprint density at radius 1 is 1.18 bits per heavy atom. The molecule has 0 aromatic heterocycles. The van der Waals surface area contributed by atoms with E-state index in [0.717, 1.165) is 42.3 Å². The van der Waals surface area contributed by atoms with Gasteiger partial charge in [0.1, 0.15) is 18.3 Å². The molecular formula is C27H36N4O7S. The van der Waals surface area contributed by atoms with Crippen LogP contribution in [0, 0.1) is 17.0 Å². The molecule has 212 valence electrons. The summed E-state index contributed by atoms with van der Waals surface area (Å²) < 4.78 is 31.9. The van der Waals surface area contributed by atoms with Crippen LogP contribution in [0.4, 0.5) is 11.4 Å². The monoisotopic (exact) mass is 560 g/mol. The van der Waals surface area contributed by atoms with Crippen molar-refractivity contribution < 1.29 is 27.7 Å². The second-order valence-corrected chi connectivity index (χ2v) is 11.7. The molecule has 0 radical (unpaired) electrons. The number of aryl methyl sites for hydroxylation is 1. The van der Waals surface area contributed by atoms with Crippen LogP contribution in [0.3, 0.4) is 0 Å². The van der Waals surface area contributed by atoms with Gasteiger partial charge in [-0.2, -0.15) is 0 Å². The SMILES string of the molecule is CCC(C(=O)NC1CCCC1)N(Cc1cccc(OC)c1)C(=O)CN(c1cc([N+](=O)[O-])ccc1C)S(C)(=O)=O. The fraction of sp³-hybridized carbons (Fsp3) is 0.481. The molecule has 1 saturated carbocycles. The van der Waals surface area contributed by atoms with Crippen LogP contribution in [0.2, 0.25) is 0 Å². The van der Waals surface area contributed by atoms with Gasteiger partial charge >= 0.3 is 0 Å². The minimum atomic E-state index is -4.02. The predicted octanol–water partition coefficient (Wildman–Crippen LogP) is 3.54. The van der Waals surface area contributed by atoms with Gasteiger partial charge in [-0.05, 0) is 49.4 Å². The topological polar surface area (TPSA) is 139 Å². The van der Waals surface area contributed by atoms with E-state index < -0.39 is 33.4 Å². The first-order valence-electron chi connectivity index (χ1n) is 12.9. The Morgan fingerprint density at radius 2 is 1.87 bits per heavy atom. The van der Waals surface area contributed by atoms with Crippen molar-refractivity contribution in [3.63, 3.8) is 0 Å². The Balaban J connectivity index is 1.99. The highest BCUT2D eigenvalue weighted by molar-refractivity contribution is 7.92. The van der Waals surface area contributed by atoms with Gasteiger partial charge in [0.2, 0.25) is 21.8 Å². The van der Waals surface area contributed by atoms with Gasteiger partial charge in [0, 0.05) is 24.7 Å². The molecule has 3 rings (SSSR count). The molecule has 1 aliphatic carbocycles. The average Bonchev–Trinajstić information content (AvgIpc) is 3.39. The van der Waals surface area contributed by atoms with Crippen molar-refractivity contribution in [1.82, 2.24) is 10.2 Å². The summed E-state index contributed by atoms with van der Waals surface area (Å²) in [6, 6.07) is 10.1. The number of methoxy groups -OCH3 is 1. The lowest BCUT2D eigenvalue weighted by Gasteiger charge is -2.33. The maximum Gasteiger partial charge on any atom is 0.271 e. The highest BCUT2D eigenvalue weighted by Crippen LogP contribution is 2.28. The minimum absolute atomic E-state index is 0.0323. The number of hydrogen-bond acceptors (Lipinski definition) is 7. The van der Waals surface area contributed by atoms with Crippen LogP contribution in [-0.2, 0) is 26.2 Å². The summed E-state index contributed by atoms with van der Waals surface area (Å²) in [6.07, 6.45) is 5.05. The smallest absolute Gasteiger partial charge is 0.271 e. The number of nitro groups is 1. The number of anilines is 1. The van der Waals surface area contributed by atoms with Gasteiger partial charge in [-0.3, -0.25) is 24.0 Å². The molecule has 2 aromatic carbocycles. The van der Waals surface area contributed by atoms with Crippen LogP contribution in [0.15, 0.2) is 42.5 Å². The Bertz CT molecular complexity index is 1310. The molecule has 39 heavy (non-hydrogen) atoms. The molecule has 1 N–H and O–H groups in total. The third kappa shape index (κ3) is 7.69. The molecule has 11 nitrogen and oxygen atoms in total. The number of nitrogens with zero attached hydrogens (tertiary/aromatic N) is 3. The minimum Gasteiger partial charge on any atom is -0.497 e. The third-order valence-corrected chi connectivity index (χ3v) is 8.05. The molecular weight excluding hydrogens is 524 g/mol. The summed E-state index contributed by atoms with van der Waals surface area (Å²) in [6.45, 7) is 2.82. The largest absolute Gasteiger partial charge is 0.497 e. The number of non-ortho nitro benzene ring substituents is 1. The standard InChI is InChI=1S/C27H36N4O7S/c1-5-24(27(33)28-21-10-6-7-11-21)29(17-20-9-8-12-23(15-20)38-3)26(32)18-30(39(4,36)37)25-16-22(31(34)35)14-13-19(25)2/h8-9,12-16,21,24H,5-7,10-11,17-18H2,1-4H3,(H,28,33). The van der Waals surface area contributed by atoms with Crippen molar-refractivity contribution in [3.05, 3.63) is 63.7 Å². The normalized spacial score (nSPS) is 14.5. The van der Waals surface area contributed by atoms with Gasteiger partial charge in [0.05, 0.1) is 24.0 Å². The van der Waals surface area contributed by atoms with Crippen LogP contribution in [-0.4, -0.2) is 62.0 Å². The molecule has 0 bridgehead atoms. The lowest BCUT2D eigenvalue weighted by atomic mass is 10.1. The highest BCUT2D eigenvalue weighted by atomic mass is 32.2. The Hall–Kier alpha value is -3.67. The number of amides is 2. The fourth-order valence-electron chi connectivity index (χ4n) is 4.83.